The van der Waals surface area contributed by atoms with Crippen molar-refractivity contribution in [3.63, 3.8) is 0 Å². The van der Waals surface area contributed by atoms with E-state index in [9.17, 15) is 23.6 Å². The lowest BCUT2D eigenvalue weighted by Gasteiger charge is -2.37. The predicted octanol–water partition coefficient (Wildman–Crippen LogP) is 5.95. The first-order valence-corrected chi connectivity index (χ1v) is 22.4. The number of aromatic nitrogens is 4. The molecule has 0 unspecified atom stereocenters. The molecule has 66 heavy (non-hydrogen) atoms. The molecule has 0 spiro atoms. The third-order valence-corrected chi connectivity index (χ3v) is 11.4. The van der Waals surface area contributed by atoms with Gasteiger partial charge >= 0.3 is 23.3 Å². The first-order valence-electron chi connectivity index (χ1n) is 22.4. The number of aromatic amines is 2. The molecule has 18 nitrogen and oxygen atoms in total. The van der Waals surface area contributed by atoms with Crippen LogP contribution in [0.25, 0.3) is 22.2 Å². The van der Waals surface area contributed by atoms with Crippen molar-refractivity contribution in [2.24, 2.45) is 10.3 Å². The first kappa shape index (κ1) is 46.7. The molecule has 2 fully saturated rings. The number of anilines is 2. The number of nitrogens with one attached hydrogen (secondary N) is 2. The number of piperazine rings is 2. The summed E-state index contributed by atoms with van der Waals surface area (Å²) in [6, 6.07) is 18.0. The fraction of sp³-hybridized carbons (Fsp3) is 0.404. The van der Waals surface area contributed by atoms with Crippen LogP contribution in [0.4, 0.5) is 15.8 Å². The van der Waals surface area contributed by atoms with Gasteiger partial charge in [0.15, 0.2) is 0 Å². The van der Waals surface area contributed by atoms with E-state index in [1.165, 1.54) is 17.8 Å². The molecule has 8 rings (SSSR count). The van der Waals surface area contributed by atoms with Crippen molar-refractivity contribution in [2.75, 3.05) is 62.2 Å². The van der Waals surface area contributed by atoms with E-state index in [1.54, 1.807) is 6.07 Å². The Kier molecular flexibility index (Phi) is 15.3. The molecule has 0 amide bonds. The van der Waals surface area contributed by atoms with E-state index in [0.717, 1.165) is 56.8 Å². The van der Waals surface area contributed by atoms with Crippen LogP contribution in [-0.4, -0.2) is 93.8 Å². The molecule has 2 aromatic carbocycles. The van der Waals surface area contributed by atoms with Gasteiger partial charge in [-0.15, -0.1) is 0 Å². The highest BCUT2D eigenvalue weighted by molar-refractivity contribution is 5.83. The summed E-state index contributed by atoms with van der Waals surface area (Å²) in [5.74, 6) is 1.29. The Morgan fingerprint density at radius 1 is 0.652 bits per heavy atom. The van der Waals surface area contributed by atoms with Gasteiger partial charge in [-0.3, -0.25) is 19.6 Å². The second kappa shape index (κ2) is 21.6. The van der Waals surface area contributed by atoms with Gasteiger partial charge in [0, 0.05) is 83.0 Å². The smallest absolute Gasteiger partial charge is 0.337 e. The number of para-hydroxylation sites is 1. The zero-order chi connectivity index (χ0) is 46.7. The summed E-state index contributed by atoms with van der Waals surface area (Å²) in [5.41, 5.74) is 1.71. The Morgan fingerprint density at radius 2 is 1.12 bits per heavy atom. The molecule has 2 aliphatic heterocycles. The third-order valence-electron chi connectivity index (χ3n) is 11.4. The van der Waals surface area contributed by atoms with Gasteiger partial charge in [-0.2, -0.15) is 9.97 Å². The van der Waals surface area contributed by atoms with Gasteiger partial charge in [-0.1, -0.05) is 62.3 Å². The minimum absolute atomic E-state index is 0.0446. The molecule has 19 heteroatoms. The number of rotatable bonds is 12. The fourth-order valence-electron chi connectivity index (χ4n) is 8.00. The molecule has 0 atom stereocenters. The average molecular weight is 907 g/mol. The molecule has 6 heterocycles. The van der Waals surface area contributed by atoms with E-state index in [0.29, 0.717) is 68.1 Å². The summed E-state index contributed by atoms with van der Waals surface area (Å²) in [5, 5.41) is 9.02. The first-order chi connectivity index (χ1) is 32.0. The maximum absolute atomic E-state index is 14.4. The normalized spacial score (nSPS) is 14.7. The van der Waals surface area contributed by atoms with Crippen molar-refractivity contribution in [3.05, 3.63) is 125 Å². The molecule has 0 radical (unpaired) electrons. The Labute approximate surface area is 379 Å². The van der Waals surface area contributed by atoms with Crippen molar-refractivity contribution in [1.82, 2.24) is 29.7 Å². The van der Waals surface area contributed by atoms with E-state index in [-0.39, 0.29) is 40.0 Å². The van der Waals surface area contributed by atoms with Crippen LogP contribution in [-0.2, 0) is 12.8 Å². The standard InChI is InChI=1S/C24H28FN5O4.C23H27N5O4/c1-4-6-19(30-11-9-29(10-12-30)18-8-7-15(3)13-17(18)25)28-34-24-26-22(32)21-16(5-2)14-20(31)33-23(21)27-24;1-3-8-18(28-13-11-27(12-14-28)17-9-6-5-7-10-17)26-32-23-24-21(30)20-16(4-2)15-19(29)31-22(20)25-23/h7-8,13-14H,4-6,9-12H2,1-3H3,(H,26,27,32);5-7,9-10,15H,3-4,8,11-14H2,1-2H3,(H,24,25,30)/b28-19-;26-18-. The van der Waals surface area contributed by atoms with Gasteiger partial charge in [0.2, 0.25) is 11.4 Å². The average Bonchev–Trinajstić information content (AvgIpc) is 3.31. The quantitative estimate of drug-likeness (QED) is 0.0827. The molecule has 2 N–H and O–H groups in total. The maximum Gasteiger partial charge on any atom is 0.337 e. The highest BCUT2D eigenvalue weighted by Crippen LogP contribution is 2.23. The lowest BCUT2D eigenvalue weighted by Crippen LogP contribution is -2.49. The van der Waals surface area contributed by atoms with E-state index >= 15 is 0 Å². The monoisotopic (exact) mass is 906 g/mol. The summed E-state index contributed by atoms with van der Waals surface area (Å²) in [6.07, 6.45) is 4.14. The van der Waals surface area contributed by atoms with Crippen LogP contribution >= 0.6 is 0 Å². The molecule has 0 saturated carbocycles. The summed E-state index contributed by atoms with van der Waals surface area (Å²) < 4.78 is 24.6. The van der Waals surface area contributed by atoms with Gasteiger partial charge in [0.05, 0.1) is 5.69 Å². The maximum atomic E-state index is 14.4. The predicted molar refractivity (Wildman–Crippen MR) is 252 cm³/mol. The Bertz CT molecular complexity index is 2930. The number of H-pyrrole nitrogens is 2. The number of oxime groups is 2. The third kappa shape index (κ3) is 11.1. The van der Waals surface area contributed by atoms with Crippen LogP contribution in [0.1, 0.15) is 70.1 Å². The number of amidine groups is 2. The fourth-order valence-corrected chi connectivity index (χ4v) is 8.00. The van der Waals surface area contributed by atoms with Crippen LogP contribution in [0.3, 0.4) is 0 Å². The molecule has 0 aliphatic carbocycles. The number of halogens is 1. The van der Waals surface area contributed by atoms with Gasteiger partial charge in [-0.25, -0.2) is 14.0 Å². The van der Waals surface area contributed by atoms with E-state index in [2.05, 4.69) is 64.0 Å². The molecule has 2 saturated heterocycles. The zero-order valence-corrected chi connectivity index (χ0v) is 37.9. The number of hydrogen-bond acceptors (Lipinski definition) is 14. The van der Waals surface area contributed by atoms with Crippen LogP contribution < -0.4 is 41.8 Å². The molecule has 4 aromatic heterocycles. The van der Waals surface area contributed by atoms with Crippen LogP contribution in [0.15, 0.2) is 99.0 Å². The number of nitrogens with zero attached hydrogens (tertiary/aromatic N) is 8. The molecule has 348 valence electrons. The Balaban J connectivity index is 0.000000197. The van der Waals surface area contributed by atoms with E-state index in [1.807, 2.05) is 62.9 Å². The van der Waals surface area contributed by atoms with Crippen molar-refractivity contribution >= 4 is 45.2 Å². The van der Waals surface area contributed by atoms with E-state index < -0.39 is 22.4 Å². The molecular weight excluding hydrogens is 852 g/mol. The molecule has 0 bridgehead atoms. The summed E-state index contributed by atoms with van der Waals surface area (Å²) in [4.78, 5) is 81.7. The molecule has 6 aromatic rings. The Hall–Kier alpha value is -7.31. The second-order valence-corrected chi connectivity index (χ2v) is 15.9. The number of fused-ring (bicyclic) bond motifs is 2. The van der Waals surface area contributed by atoms with Crippen molar-refractivity contribution in [2.45, 2.75) is 73.1 Å². The van der Waals surface area contributed by atoms with Crippen molar-refractivity contribution in [1.29, 1.82) is 0 Å². The van der Waals surface area contributed by atoms with Crippen LogP contribution in [0.2, 0.25) is 0 Å². The second-order valence-electron chi connectivity index (χ2n) is 15.9. The highest BCUT2D eigenvalue weighted by atomic mass is 19.1. The van der Waals surface area contributed by atoms with Crippen LogP contribution in [0, 0.1) is 12.7 Å². The minimum Gasteiger partial charge on any atom is -0.403 e. The molecular formula is C47H55FN10O8. The largest absolute Gasteiger partial charge is 0.403 e. The topological polar surface area (TPSA) is 208 Å². The lowest BCUT2D eigenvalue weighted by atomic mass is 10.1. The van der Waals surface area contributed by atoms with Gasteiger partial charge in [0.1, 0.15) is 28.3 Å². The van der Waals surface area contributed by atoms with Gasteiger partial charge < -0.3 is 38.1 Å². The highest BCUT2D eigenvalue weighted by Gasteiger charge is 2.24. The summed E-state index contributed by atoms with van der Waals surface area (Å²) in [7, 11) is 0. The van der Waals surface area contributed by atoms with Crippen molar-refractivity contribution in [3.8, 4) is 12.0 Å². The number of aryl methyl sites for hydroxylation is 3. The van der Waals surface area contributed by atoms with Gasteiger partial charge in [-0.05, 0) is 73.6 Å². The van der Waals surface area contributed by atoms with Crippen LogP contribution in [0.5, 0.6) is 12.0 Å². The van der Waals surface area contributed by atoms with Crippen molar-refractivity contribution < 1.29 is 22.9 Å². The SMILES string of the molecule is CCC/C(=N/Oc1nc2oc(=O)cc(CC)c2c(=O)[nH]1)N1CCN(c2ccc(C)cc2F)CC1.CCC/C(=N/Oc1nc2oc(=O)cc(CC)c2c(=O)[nH]1)N1CCN(c2ccccc2)CC1. The minimum atomic E-state index is -0.577. The van der Waals surface area contributed by atoms with E-state index in [4.69, 9.17) is 18.5 Å². The number of hydrogen-bond donors (Lipinski definition) is 2. The van der Waals surface area contributed by atoms with Gasteiger partial charge in [0.25, 0.3) is 11.1 Å². The molecule has 2 aliphatic rings. The summed E-state index contributed by atoms with van der Waals surface area (Å²) >= 11 is 0. The zero-order valence-electron chi connectivity index (χ0n) is 37.9. The number of benzene rings is 2. The lowest BCUT2D eigenvalue weighted by molar-refractivity contribution is 0.287. The summed E-state index contributed by atoms with van der Waals surface area (Å²) in [6.45, 7) is 15.6. The Morgan fingerprint density at radius 3 is 1.56 bits per heavy atom.